The van der Waals surface area contributed by atoms with Crippen LogP contribution in [-0.2, 0) is 0 Å². The van der Waals surface area contributed by atoms with Crippen molar-refractivity contribution in [2.75, 3.05) is 11.9 Å². The summed E-state index contributed by atoms with van der Waals surface area (Å²) < 4.78 is 0.699. The van der Waals surface area contributed by atoms with Gasteiger partial charge in [-0.1, -0.05) is 29.5 Å². The highest BCUT2D eigenvalue weighted by Crippen LogP contribution is 2.27. The lowest BCUT2D eigenvalue weighted by molar-refractivity contribution is 1.03. The van der Waals surface area contributed by atoms with Crippen molar-refractivity contribution in [3.8, 4) is 0 Å². The monoisotopic (exact) mass is 237 g/mol. The highest BCUT2D eigenvalue weighted by Gasteiger charge is 2.08. The molecule has 0 radical (unpaired) electrons. The molecule has 0 bridgehead atoms. The Morgan fingerprint density at radius 1 is 1.40 bits per heavy atom. The van der Waals surface area contributed by atoms with E-state index in [4.69, 9.17) is 12.2 Å². The summed E-state index contributed by atoms with van der Waals surface area (Å²) >= 11 is 6.48. The molecule has 1 heterocycles. The number of anilines is 2. The second kappa shape index (κ2) is 4.12. The fourth-order valence-electron chi connectivity index (χ4n) is 1.41. The first-order valence-corrected chi connectivity index (χ1v) is 5.76. The Morgan fingerprint density at radius 2 is 2.13 bits per heavy atom. The average molecular weight is 237 g/mol. The first kappa shape index (κ1) is 10.3. The van der Waals surface area contributed by atoms with Gasteiger partial charge in [0.2, 0.25) is 5.13 Å². The Hall–Kier alpha value is -1.20. The summed E-state index contributed by atoms with van der Waals surface area (Å²) in [5.74, 6) is 0. The number of nitrogens with one attached hydrogen (secondary N) is 1. The number of aromatic amines is 1. The fraction of sp³-hybridized carbons (Fsp3) is 0.200. The average Bonchev–Trinajstić information content (AvgIpc) is 2.65. The fourth-order valence-corrected chi connectivity index (χ4v) is 2.26. The number of para-hydroxylation sites is 1. The van der Waals surface area contributed by atoms with Gasteiger partial charge >= 0.3 is 0 Å². The van der Waals surface area contributed by atoms with Crippen molar-refractivity contribution in [3.63, 3.8) is 0 Å². The first-order valence-electron chi connectivity index (χ1n) is 4.53. The molecule has 1 aromatic heterocycles. The molecule has 3 nitrogen and oxygen atoms in total. The Kier molecular flexibility index (Phi) is 2.83. The maximum absolute atomic E-state index is 5.01. The second-order valence-electron chi connectivity index (χ2n) is 3.24. The number of hydrogen-bond donors (Lipinski definition) is 1. The van der Waals surface area contributed by atoms with Gasteiger partial charge in [0.05, 0.1) is 0 Å². The van der Waals surface area contributed by atoms with E-state index in [0.717, 1.165) is 10.8 Å². The van der Waals surface area contributed by atoms with Gasteiger partial charge in [-0.15, -0.1) is 5.10 Å². The van der Waals surface area contributed by atoms with E-state index in [1.54, 1.807) is 0 Å². The van der Waals surface area contributed by atoms with Gasteiger partial charge in [0.25, 0.3) is 0 Å². The van der Waals surface area contributed by atoms with Crippen molar-refractivity contribution in [3.05, 3.63) is 33.8 Å². The van der Waals surface area contributed by atoms with Gasteiger partial charge < -0.3 is 4.90 Å². The summed E-state index contributed by atoms with van der Waals surface area (Å²) in [5.41, 5.74) is 2.37. The Balaban J connectivity index is 2.40. The van der Waals surface area contributed by atoms with Crippen molar-refractivity contribution < 1.29 is 0 Å². The molecule has 0 saturated heterocycles. The van der Waals surface area contributed by atoms with E-state index in [1.165, 1.54) is 16.9 Å². The third-order valence-electron chi connectivity index (χ3n) is 2.19. The summed E-state index contributed by atoms with van der Waals surface area (Å²) in [6.45, 7) is 2.08. The summed E-state index contributed by atoms with van der Waals surface area (Å²) in [6.07, 6.45) is 0. The number of aromatic nitrogens is 2. The Bertz CT molecular complexity index is 515. The quantitative estimate of drug-likeness (QED) is 0.813. The smallest absolute Gasteiger partial charge is 0.211 e. The van der Waals surface area contributed by atoms with Crippen LogP contribution < -0.4 is 4.90 Å². The topological polar surface area (TPSA) is 31.9 Å². The van der Waals surface area contributed by atoms with E-state index in [2.05, 4.69) is 29.3 Å². The van der Waals surface area contributed by atoms with E-state index < -0.39 is 0 Å². The molecule has 0 amide bonds. The Labute approximate surface area is 97.4 Å². The zero-order valence-corrected chi connectivity index (χ0v) is 10.2. The van der Waals surface area contributed by atoms with Crippen LogP contribution in [0.25, 0.3) is 0 Å². The van der Waals surface area contributed by atoms with Crippen LogP contribution in [-0.4, -0.2) is 17.2 Å². The molecule has 78 valence electrons. The molecule has 0 atom stereocenters. The maximum Gasteiger partial charge on any atom is 0.211 e. The van der Waals surface area contributed by atoms with E-state index in [-0.39, 0.29) is 0 Å². The van der Waals surface area contributed by atoms with Crippen molar-refractivity contribution in [2.45, 2.75) is 6.92 Å². The zero-order chi connectivity index (χ0) is 10.8. The van der Waals surface area contributed by atoms with Crippen LogP contribution in [0.1, 0.15) is 5.56 Å². The van der Waals surface area contributed by atoms with Crippen LogP contribution in [0.15, 0.2) is 24.3 Å². The molecule has 0 fully saturated rings. The molecule has 2 rings (SSSR count). The minimum Gasteiger partial charge on any atom is -0.319 e. The van der Waals surface area contributed by atoms with Crippen LogP contribution in [0, 0.1) is 10.9 Å². The number of aryl methyl sites for hydroxylation is 1. The van der Waals surface area contributed by atoms with Crippen LogP contribution in [0.4, 0.5) is 10.8 Å². The number of nitrogens with zero attached hydrogens (tertiary/aromatic N) is 2. The minimum atomic E-state index is 0.699. The van der Waals surface area contributed by atoms with Gasteiger partial charge in [-0.2, -0.15) is 0 Å². The van der Waals surface area contributed by atoms with Crippen LogP contribution >= 0.6 is 23.6 Å². The molecule has 0 spiro atoms. The third kappa shape index (κ3) is 2.08. The zero-order valence-electron chi connectivity index (χ0n) is 8.52. The van der Waals surface area contributed by atoms with E-state index in [9.17, 15) is 0 Å². The molecule has 1 N–H and O–H groups in total. The lowest BCUT2D eigenvalue weighted by Gasteiger charge is -2.17. The number of hydrogen-bond acceptors (Lipinski definition) is 4. The van der Waals surface area contributed by atoms with Gasteiger partial charge in [0, 0.05) is 12.7 Å². The van der Waals surface area contributed by atoms with Crippen LogP contribution in [0.2, 0.25) is 0 Å². The SMILES string of the molecule is Cc1ccccc1N(C)c1n[nH]c(=S)s1. The molecule has 5 heteroatoms. The van der Waals surface area contributed by atoms with E-state index in [1.807, 2.05) is 24.1 Å². The summed E-state index contributed by atoms with van der Waals surface area (Å²) in [7, 11) is 1.99. The van der Waals surface area contributed by atoms with Gasteiger partial charge in [0.1, 0.15) is 0 Å². The summed E-state index contributed by atoms with van der Waals surface area (Å²) in [6, 6.07) is 8.20. The molecule has 0 aliphatic heterocycles. The van der Waals surface area contributed by atoms with Crippen molar-refractivity contribution in [1.29, 1.82) is 0 Å². The lowest BCUT2D eigenvalue weighted by atomic mass is 10.2. The molecule has 2 aromatic rings. The number of rotatable bonds is 2. The molecule has 0 aliphatic carbocycles. The Morgan fingerprint density at radius 3 is 2.73 bits per heavy atom. The highest BCUT2D eigenvalue weighted by atomic mass is 32.1. The van der Waals surface area contributed by atoms with Gasteiger partial charge in [-0.25, -0.2) is 0 Å². The second-order valence-corrected chi connectivity index (χ2v) is 4.89. The molecule has 15 heavy (non-hydrogen) atoms. The maximum atomic E-state index is 5.01. The molecule has 0 unspecified atom stereocenters. The minimum absolute atomic E-state index is 0.699. The highest BCUT2D eigenvalue weighted by molar-refractivity contribution is 7.73. The number of H-pyrrole nitrogens is 1. The molecule has 0 saturated carbocycles. The summed E-state index contributed by atoms with van der Waals surface area (Å²) in [5, 5.41) is 7.81. The molecule has 0 aliphatic rings. The first-order chi connectivity index (χ1) is 7.18. The standard InChI is InChI=1S/C10H11N3S2/c1-7-5-3-4-6-8(7)13(2)9-11-12-10(14)15-9/h3-6H,1-2H3,(H,12,14). The summed E-state index contributed by atoms with van der Waals surface area (Å²) in [4.78, 5) is 2.03. The van der Waals surface area contributed by atoms with Crippen LogP contribution in [0.3, 0.4) is 0 Å². The molecular weight excluding hydrogens is 226 g/mol. The molecular formula is C10H11N3S2. The van der Waals surface area contributed by atoms with E-state index in [0.29, 0.717) is 3.95 Å². The lowest BCUT2D eigenvalue weighted by Crippen LogP contribution is -2.10. The third-order valence-corrected chi connectivity index (χ3v) is 3.36. The largest absolute Gasteiger partial charge is 0.319 e. The predicted molar refractivity (Wildman–Crippen MR) is 66.5 cm³/mol. The van der Waals surface area contributed by atoms with Crippen molar-refractivity contribution in [2.24, 2.45) is 0 Å². The molecule has 1 aromatic carbocycles. The predicted octanol–water partition coefficient (Wildman–Crippen LogP) is 3.28. The normalized spacial score (nSPS) is 10.3. The van der Waals surface area contributed by atoms with Gasteiger partial charge in [0.15, 0.2) is 3.95 Å². The number of benzene rings is 1. The van der Waals surface area contributed by atoms with Crippen molar-refractivity contribution in [1.82, 2.24) is 10.2 Å². The van der Waals surface area contributed by atoms with Crippen LogP contribution in [0.5, 0.6) is 0 Å². The van der Waals surface area contributed by atoms with E-state index >= 15 is 0 Å². The van der Waals surface area contributed by atoms with Gasteiger partial charge in [-0.05, 0) is 30.8 Å². The van der Waals surface area contributed by atoms with Crippen molar-refractivity contribution >= 4 is 34.4 Å². The van der Waals surface area contributed by atoms with Gasteiger partial charge in [-0.3, -0.25) is 5.10 Å².